The van der Waals surface area contributed by atoms with E-state index in [2.05, 4.69) is 0 Å². The van der Waals surface area contributed by atoms with Crippen molar-refractivity contribution in [1.29, 1.82) is 0 Å². The molecule has 1 aromatic carbocycles. The first-order valence-corrected chi connectivity index (χ1v) is 8.79. The number of piperidine rings is 1. The van der Waals surface area contributed by atoms with Crippen molar-refractivity contribution in [2.24, 2.45) is 5.92 Å². The Kier molecular flexibility index (Phi) is 5.19. The zero-order chi connectivity index (χ0) is 17.1. The summed E-state index contributed by atoms with van der Waals surface area (Å²) in [6, 6.07) is 10.1. The van der Waals surface area contributed by atoms with Gasteiger partial charge in [0.05, 0.1) is 18.6 Å². The van der Waals surface area contributed by atoms with Crippen molar-refractivity contribution in [3.63, 3.8) is 0 Å². The molecule has 2 saturated heterocycles. The summed E-state index contributed by atoms with van der Waals surface area (Å²) in [6.45, 7) is 6.12. The molecule has 0 bridgehead atoms. The number of carbonyl (C=O) groups is 2. The van der Waals surface area contributed by atoms with Crippen molar-refractivity contribution in [2.45, 2.75) is 38.9 Å². The number of nitrogens with zero attached hydrogens (tertiary/aromatic N) is 2. The lowest BCUT2D eigenvalue weighted by molar-refractivity contribution is -0.151. The topological polar surface area (TPSA) is 49.9 Å². The van der Waals surface area contributed by atoms with Gasteiger partial charge in [-0.15, -0.1) is 0 Å². The van der Waals surface area contributed by atoms with Crippen molar-refractivity contribution in [2.75, 3.05) is 26.2 Å². The molecule has 2 heterocycles. The van der Waals surface area contributed by atoms with E-state index in [0.717, 1.165) is 24.9 Å². The second-order valence-electron chi connectivity index (χ2n) is 6.89. The molecule has 0 radical (unpaired) electrons. The molecule has 24 heavy (non-hydrogen) atoms. The zero-order valence-corrected chi connectivity index (χ0v) is 14.5. The summed E-state index contributed by atoms with van der Waals surface area (Å²) in [5.74, 6) is 0.145. The van der Waals surface area contributed by atoms with E-state index in [1.165, 1.54) is 0 Å². The van der Waals surface area contributed by atoms with E-state index in [1.54, 1.807) is 11.8 Å². The summed E-state index contributed by atoms with van der Waals surface area (Å²) in [5, 5.41) is 0. The second kappa shape index (κ2) is 7.34. The lowest BCUT2D eigenvalue weighted by atomic mass is 9.95. The minimum Gasteiger partial charge on any atom is -0.367 e. The van der Waals surface area contributed by atoms with Gasteiger partial charge in [0.2, 0.25) is 11.8 Å². The fourth-order valence-electron chi connectivity index (χ4n) is 3.71. The first-order chi connectivity index (χ1) is 11.5. The zero-order valence-electron chi connectivity index (χ0n) is 14.5. The smallest absolute Gasteiger partial charge is 0.227 e. The van der Waals surface area contributed by atoms with Gasteiger partial charge >= 0.3 is 0 Å². The molecule has 1 aromatic rings. The average Bonchev–Trinajstić information content (AvgIpc) is 2.61. The highest BCUT2D eigenvalue weighted by Gasteiger charge is 2.35. The van der Waals surface area contributed by atoms with Crippen LogP contribution in [0.25, 0.3) is 0 Å². The van der Waals surface area contributed by atoms with Crippen molar-refractivity contribution >= 4 is 11.8 Å². The molecular formula is C19H26N2O3. The number of likely N-dealkylation sites (tertiary alicyclic amines) is 1. The number of amides is 2. The molecule has 0 N–H and O–H groups in total. The number of carbonyl (C=O) groups excluding carboxylic acids is 2. The Balaban J connectivity index is 1.68. The molecule has 3 atom stereocenters. The van der Waals surface area contributed by atoms with Crippen molar-refractivity contribution in [3.05, 3.63) is 35.9 Å². The van der Waals surface area contributed by atoms with E-state index in [-0.39, 0.29) is 29.9 Å². The average molecular weight is 330 g/mol. The monoisotopic (exact) mass is 330 g/mol. The molecule has 0 unspecified atom stereocenters. The molecule has 5 nitrogen and oxygen atoms in total. The molecule has 2 aliphatic rings. The molecule has 0 spiro atoms. The van der Waals surface area contributed by atoms with Crippen LogP contribution in [0.4, 0.5) is 0 Å². The number of morpholine rings is 1. The quantitative estimate of drug-likeness (QED) is 0.835. The Hall–Kier alpha value is -1.88. The molecule has 2 fully saturated rings. The summed E-state index contributed by atoms with van der Waals surface area (Å²) in [7, 11) is 0. The fourth-order valence-corrected chi connectivity index (χ4v) is 3.71. The Morgan fingerprint density at radius 3 is 2.54 bits per heavy atom. The molecular weight excluding hydrogens is 304 g/mol. The summed E-state index contributed by atoms with van der Waals surface area (Å²) in [5.41, 5.74) is 1.11. The summed E-state index contributed by atoms with van der Waals surface area (Å²) in [4.78, 5) is 28.3. The third-order valence-corrected chi connectivity index (χ3v) is 4.96. The Bertz CT molecular complexity index is 590. The van der Waals surface area contributed by atoms with E-state index in [9.17, 15) is 9.59 Å². The van der Waals surface area contributed by atoms with Crippen LogP contribution < -0.4 is 0 Å². The summed E-state index contributed by atoms with van der Waals surface area (Å²) >= 11 is 0. The molecule has 3 rings (SSSR count). The maximum Gasteiger partial charge on any atom is 0.227 e. The number of benzene rings is 1. The lowest BCUT2D eigenvalue weighted by Crippen LogP contribution is -2.51. The Labute approximate surface area is 143 Å². The maximum absolute atomic E-state index is 13.0. The van der Waals surface area contributed by atoms with Crippen molar-refractivity contribution < 1.29 is 14.3 Å². The van der Waals surface area contributed by atoms with Gasteiger partial charge in [0, 0.05) is 26.6 Å². The van der Waals surface area contributed by atoms with Crippen LogP contribution in [-0.2, 0) is 14.3 Å². The van der Waals surface area contributed by atoms with Crippen LogP contribution in [0, 0.1) is 5.92 Å². The standard InChI is InChI=1S/C19H26N2O3/c1-14-11-21(13-18(24-14)16-7-4-3-5-8-16)19(23)17-9-6-10-20(12-17)15(2)22/h3-5,7-8,14,17-18H,6,9-13H2,1-2H3/t14-,17-,18+/m0/s1. The predicted octanol–water partition coefficient (Wildman–Crippen LogP) is 2.23. The van der Waals surface area contributed by atoms with Gasteiger partial charge in [-0.05, 0) is 25.3 Å². The predicted molar refractivity (Wildman–Crippen MR) is 91.3 cm³/mol. The molecule has 0 aromatic heterocycles. The van der Waals surface area contributed by atoms with Crippen LogP contribution >= 0.6 is 0 Å². The van der Waals surface area contributed by atoms with Gasteiger partial charge in [0.25, 0.3) is 0 Å². The van der Waals surface area contributed by atoms with Crippen LogP contribution in [0.15, 0.2) is 30.3 Å². The number of hydrogen-bond acceptors (Lipinski definition) is 3. The van der Waals surface area contributed by atoms with Crippen LogP contribution in [0.2, 0.25) is 0 Å². The second-order valence-corrected chi connectivity index (χ2v) is 6.89. The highest BCUT2D eigenvalue weighted by atomic mass is 16.5. The highest BCUT2D eigenvalue weighted by Crippen LogP contribution is 2.27. The van der Waals surface area contributed by atoms with Crippen LogP contribution in [0.3, 0.4) is 0 Å². The van der Waals surface area contributed by atoms with Gasteiger partial charge < -0.3 is 14.5 Å². The normalized spacial score (nSPS) is 27.8. The van der Waals surface area contributed by atoms with E-state index in [0.29, 0.717) is 19.6 Å². The number of hydrogen-bond donors (Lipinski definition) is 0. The first-order valence-electron chi connectivity index (χ1n) is 8.79. The number of ether oxygens (including phenoxy) is 1. The Morgan fingerprint density at radius 1 is 1.08 bits per heavy atom. The van der Waals surface area contributed by atoms with Gasteiger partial charge in [-0.25, -0.2) is 0 Å². The van der Waals surface area contributed by atoms with Gasteiger partial charge in [0.1, 0.15) is 6.10 Å². The van der Waals surface area contributed by atoms with Crippen LogP contribution in [-0.4, -0.2) is 53.9 Å². The van der Waals surface area contributed by atoms with Gasteiger partial charge in [-0.2, -0.15) is 0 Å². The third-order valence-electron chi connectivity index (χ3n) is 4.96. The third kappa shape index (κ3) is 3.78. The fraction of sp³-hybridized carbons (Fsp3) is 0.579. The SMILES string of the molecule is CC(=O)N1CCC[C@H](C(=O)N2C[C@H](C)O[C@@H](c3ccccc3)C2)C1. The number of rotatable bonds is 2. The van der Waals surface area contributed by atoms with E-state index < -0.39 is 0 Å². The minimum atomic E-state index is -0.0793. The highest BCUT2D eigenvalue weighted by molar-refractivity contribution is 5.81. The van der Waals surface area contributed by atoms with Gasteiger partial charge in [-0.3, -0.25) is 9.59 Å². The van der Waals surface area contributed by atoms with Crippen molar-refractivity contribution in [3.8, 4) is 0 Å². The molecule has 0 aliphatic carbocycles. The van der Waals surface area contributed by atoms with Crippen molar-refractivity contribution in [1.82, 2.24) is 9.80 Å². The Morgan fingerprint density at radius 2 is 1.83 bits per heavy atom. The molecule has 2 aliphatic heterocycles. The van der Waals surface area contributed by atoms with Crippen LogP contribution in [0.5, 0.6) is 0 Å². The van der Waals surface area contributed by atoms with E-state index in [4.69, 9.17) is 4.74 Å². The largest absolute Gasteiger partial charge is 0.367 e. The summed E-state index contributed by atoms with van der Waals surface area (Å²) < 4.78 is 6.04. The molecule has 130 valence electrons. The lowest BCUT2D eigenvalue weighted by Gasteiger charge is -2.40. The first kappa shape index (κ1) is 17.0. The maximum atomic E-state index is 13.0. The summed E-state index contributed by atoms with van der Waals surface area (Å²) in [6.07, 6.45) is 1.70. The minimum absolute atomic E-state index is 0.0143. The van der Waals surface area contributed by atoms with Gasteiger partial charge in [-0.1, -0.05) is 30.3 Å². The van der Waals surface area contributed by atoms with Gasteiger partial charge in [0.15, 0.2) is 0 Å². The molecule has 2 amide bonds. The molecule has 5 heteroatoms. The van der Waals surface area contributed by atoms with E-state index >= 15 is 0 Å². The van der Waals surface area contributed by atoms with E-state index in [1.807, 2.05) is 42.2 Å². The van der Waals surface area contributed by atoms with Crippen LogP contribution in [0.1, 0.15) is 38.4 Å². The molecule has 0 saturated carbocycles.